The van der Waals surface area contributed by atoms with Gasteiger partial charge in [0.1, 0.15) is 5.60 Å². The third-order valence-electron chi connectivity index (χ3n) is 3.68. The molecule has 0 saturated carbocycles. The second-order valence-electron chi connectivity index (χ2n) is 6.99. The summed E-state index contributed by atoms with van der Waals surface area (Å²) in [7, 11) is 0. The van der Waals surface area contributed by atoms with Crippen molar-refractivity contribution >= 4 is 35.0 Å². The fraction of sp³-hybridized carbons (Fsp3) is 0.588. The van der Waals surface area contributed by atoms with Crippen LogP contribution in [0.4, 0.5) is 10.5 Å². The first-order valence-corrected chi connectivity index (χ1v) is 8.61. The van der Waals surface area contributed by atoms with E-state index in [1.807, 2.05) is 39.8 Å². The van der Waals surface area contributed by atoms with E-state index in [0.29, 0.717) is 16.6 Å². The minimum absolute atomic E-state index is 0.132. The Morgan fingerprint density at radius 2 is 2.00 bits per heavy atom. The van der Waals surface area contributed by atoms with Crippen molar-refractivity contribution in [1.82, 2.24) is 4.90 Å². The summed E-state index contributed by atoms with van der Waals surface area (Å²) in [6, 6.07) is 3.82. The zero-order chi connectivity index (χ0) is 17.2. The topological polar surface area (TPSA) is 41.6 Å². The molecule has 1 heterocycles. The molecule has 1 aromatic carbocycles. The zero-order valence-electron chi connectivity index (χ0n) is 14.1. The largest absolute Gasteiger partial charge is 0.444 e. The summed E-state index contributed by atoms with van der Waals surface area (Å²) in [5, 5.41) is 4.72. The number of nitrogens with zero attached hydrogens (tertiary/aromatic N) is 1. The molecule has 1 unspecified atom stereocenters. The summed E-state index contributed by atoms with van der Waals surface area (Å²) < 4.78 is 5.45. The van der Waals surface area contributed by atoms with Crippen LogP contribution in [0.5, 0.6) is 0 Å². The molecule has 1 aliphatic rings. The van der Waals surface area contributed by atoms with Gasteiger partial charge in [-0.2, -0.15) is 0 Å². The van der Waals surface area contributed by atoms with Gasteiger partial charge in [-0.1, -0.05) is 23.2 Å². The van der Waals surface area contributed by atoms with Crippen LogP contribution >= 0.6 is 23.2 Å². The SMILES string of the molecule is Cc1cc(Cl)c(NC2CCCN(C(=O)OC(C)(C)C)C2)cc1Cl. The third kappa shape index (κ3) is 5.18. The molecule has 0 radical (unpaired) electrons. The van der Waals surface area contributed by atoms with E-state index < -0.39 is 5.60 Å². The Labute approximate surface area is 148 Å². The normalized spacial score (nSPS) is 18.7. The lowest BCUT2D eigenvalue weighted by atomic mass is 10.1. The molecule has 0 aromatic heterocycles. The highest BCUT2D eigenvalue weighted by Crippen LogP contribution is 2.30. The smallest absolute Gasteiger partial charge is 0.410 e. The van der Waals surface area contributed by atoms with Crippen LogP contribution in [-0.4, -0.2) is 35.7 Å². The Morgan fingerprint density at radius 3 is 2.65 bits per heavy atom. The number of likely N-dealkylation sites (tertiary alicyclic amines) is 1. The lowest BCUT2D eigenvalue weighted by molar-refractivity contribution is 0.0206. The molecule has 1 fully saturated rings. The predicted octanol–water partition coefficient (Wildman–Crippen LogP) is 5.11. The van der Waals surface area contributed by atoms with Crippen LogP contribution in [0.1, 0.15) is 39.2 Å². The molecule has 1 N–H and O–H groups in total. The van der Waals surface area contributed by atoms with Crippen molar-refractivity contribution in [3.05, 3.63) is 27.7 Å². The maximum Gasteiger partial charge on any atom is 0.410 e. The van der Waals surface area contributed by atoms with Gasteiger partial charge in [-0.15, -0.1) is 0 Å². The fourth-order valence-corrected chi connectivity index (χ4v) is 3.00. The number of amides is 1. The quantitative estimate of drug-likeness (QED) is 0.798. The maximum absolute atomic E-state index is 12.2. The van der Waals surface area contributed by atoms with Gasteiger partial charge in [0.05, 0.1) is 10.7 Å². The Kier molecular flexibility index (Phi) is 5.69. The molecule has 1 amide bonds. The minimum atomic E-state index is -0.481. The van der Waals surface area contributed by atoms with Gasteiger partial charge in [0, 0.05) is 24.2 Å². The second-order valence-corrected chi connectivity index (χ2v) is 7.81. The number of halogens is 2. The van der Waals surface area contributed by atoms with Crippen LogP contribution in [0.2, 0.25) is 10.0 Å². The van der Waals surface area contributed by atoms with Gasteiger partial charge >= 0.3 is 6.09 Å². The molecule has 1 saturated heterocycles. The minimum Gasteiger partial charge on any atom is -0.444 e. The summed E-state index contributed by atoms with van der Waals surface area (Å²) in [5.41, 5.74) is 1.27. The highest BCUT2D eigenvalue weighted by atomic mass is 35.5. The monoisotopic (exact) mass is 358 g/mol. The van der Waals surface area contributed by atoms with Gasteiger partial charge in [-0.3, -0.25) is 0 Å². The van der Waals surface area contributed by atoms with E-state index in [-0.39, 0.29) is 12.1 Å². The van der Waals surface area contributed by atoms with Crippen LogP contribution in [0.25, 0.3) is 0 Å². The standard InChI is InChI=1S/C17H24Cl2N2O2/c1-11-8-14(19)15(9-13(11)18)20-12-6-5-7-21(10-12)16(22)23-17(2,3)4/h8-9,12,20H,5-7,10H2,1-4H3. The molecule has 128 valence electrons. The number of piperidine rings is 1. The first-order chi connectivity index (χ1) is 10.7. The van der Waals surface area contributed by atoms with Crippen molar-refractivity contribution in [2.45, 2.75) is 52.2 Å². The second kappa shape index (κ2) is 7.18. The lowest BCUT2D eigenvalue weighted by Gasteiger charge is -2.35. The highest BCUT2D eigenvalue weighted by molar-refractivity contribution is 6.35. The summed E-state index contributed by atoms with van der Waals surface area (Å²) in [6.45, 7) is 8.85. The molecule has 4 nitrogen and oxygen atoms in total. The predicted molar refractivity (Wildman–Crippen MR) is 95.7 cm³/mol. The summed E-state index contributed by atoms with van der Waals surface area (Å²) >= 11 is 12.5. The number of rotatable bonds is 2. The molecule has 2 rings (SSSR count). The van der Waals surface area contributed by atoms with Gasteiger partial charge < -0.3 is 15.0 Å². The number of aryl methyl sites for hydroxylation is 1. The first-order valence-electron chi connectivity index (χ1n) is 7.86. The molecular weight excluding hydrogens is 335 g/mol. The fourth-order valence-electron chi connectivity index (χ4n) is 2.56. The van der Waals surface area contributed by atoms with Crippen molar-refractivity contribution in [3.8, 4) is 0 Å². The van der Waals surface area contributed by atoms with E-state index >= 15 is 0 Å². The Balaban J connectivity index is 2.02. The van der Waals surface area contributed by atoms with Crippen molar-refractivity contribution in [2.24, 2.45) is 0 Å². The van der Waals surface area contributed by atoms with Crippen LogP contribution in [0, 0.1) is 6.92 Å². The van der Waals surface area contributed by atoms with Crippen molar-refractivity contribution in [1.29, 1.82) is 0 Å². The molecule has 23 heavy (non-hydrogen) atoms. The van der Waals surface area contributed by atoms with Crippen molar-refractivity contribution in [2.75, 3.05) is 18.4 Å². The average molecular weight is 359 g/mol. The van der Waals surface area contributed by atoms with Crippen LogP contribution in [-0.2, 0) is 4.74 Å². The number of nitrogens with one attached hydrogen (secondary N) is 1. The number of hydrogen-bond donors (Lipinski definition) is 1. The van der Waals surface area contributed by atoms with E-state index in [1.165, 1.54) is 0 Å². The number of carbonyl (C=O) groups is 1. The molecular formula is C17H24Cl2N2O2. The molecule has 0 bridgehead atoms. The highest BCUT2D eigenvalue weighted by Gasteiger charge is 2.27. The lowest BCUT2D eigenvalue weighted by Crippen LogP contribution is -2.47. The van der Waals surface area contributed by atoms with Crippen LogP contribution < -0.4 is 5.32 Å². The maximum atomic E-state index is 12.2. The van der Waals surface area contributed by atoms with Gasteiger partial charge in [0.2, 0.25) is 0 Å². The van der Waals surface area contributed by atoms with E-state index in [2.05, 4.69) is 5.32 Å². The number of hydrogen-bond acceptors (Lipinski definition) is 3. The van der Waals surface area contributed by atoms with Crippen molar-refractivity contribution < 1.29 is 9.53 Å². The first kappa shape index (κ1) is 18.2. The molecule has 0 spiro atoms. The summed E-state index contributed by atoms with van der Waals surface area (Å²) in [6.07, 6.45) is 1.63. The molecule has 1 atom stereocenters. The van der Waals surface area contributed by atoms with Gasteiger partial charge in [0.25, 0.3) is 0 Å². The van der Waals surface area contributed by atoms with E-state index in [1.54, 1.807) is 4.90 Å². The van der Waals surface area contributed by atoms with Gasteiger partial charge in [0.15, 0.2) is 0 Å². The van der Waals surface area contributed by atoms with E-state index in [9.17, 15) is 4.79 Å². The summed E-state index contributed by atoms with van der Waals surface area (Å²) in [4.78, 5) is 14.0. The molecule has 1 aliphatic heterocycles. The number of carbonyl (C=O) groups excluding carboxylic acids is 1. The number of benzene rings is 1. The average Bonchev–Trinajstić information content (AvgIpc) is 2.43. The molecule has 1 aromatic rings. The zero-order valence-corrected chi connectivity index (χ0v) is 15.6. The third-order valence-corrected chi connectivity index (χ3v) is 4.40. The Morgan fingerprint density at radius 1 is 1.30 bits per heavy atom. The van der Waals surface area contributed by atoms with Gasteiger partial charge in [-0.25, -0.2) is 4.79 Å². The van der Waals surface area contributed by atoms with E-state index in [4.69, 9.17) is 27.9 Å². The molecule has 6 heteroatoms. The number of anilines is 1. The Bertz CT molecular complexity index is 585. The van der Waals surface area contributed by atoms with Crippen LogP contribution in [0.15, 0.2) is 12.1 Å². The van der Waals surface area contributed by atoms with Gasteiger partial charge in [-0.05, 0) is 58.2 Å². The summed E-state index contributed by atoms with van der Waals surface area (Å²) in [5.74, 6) is 0. The number of ether oxygens (including phenoxy) is 1. The van der Waals surface area contributed by atoms with Crippen LogP contribution in [0.3, 0.4) is 0 Å². The van der Waals surface area contributed by atoms with E-state index in [0.717, 1.165) is 30.6 Å². The Hall–Kier alpha value is -1.13. The van der Waals surface area contributed by atoms with Crippen molar-refractivity contribution in [3.63, 3.8) is 0 Å². The molecule has 0 aliphatic carbocycles.